The van der Waals surface area contributed by atoms with Gasteiger partial charge in [0.15, 0.2) is 0 Å². The van der Waals surface area contributed by atoms with Crippen molar-refractivity contribution >= 4 is 85.8 Å². The fourth-order valence-electron chi connectivity index (χ4n) is 7.90. The van der Waals surface area contributed by atoms with Crippen molar-refractivity contribution in [3.8, 4) is 28.3 Å². The summed E-state index contributed by atoms with van der Waals surface area (Å²) in [6, 6.07) is 58.9. The van der Waals surface area contributed by atoms with Crippen molar-refractivity contribution in [2.75, 3.05) is 0 Å². The molecule has 50 heavy (non-hydrogen) atoms. The molecule has 0 atom stereocenters. The zero-order valence-electron chi connectivity index (χ0n) is 26.8. The van der Waals surface area contributed by atoms with Gasteiger partial charge in [0, 0.05) is 58.4 Å². The molecular formula is C46H27N3S. The molecule has 4 heteroatoms. The Morgan fingerprint density at radius 3 is 1.98 bits per heavy atom. The van der Waals surface area contributed by atoms with Crippen LogP contribution < -0.4 is 0 Å². The molecule has 3 nitrogen and oxygen atoms in total. The summed E-state index contributed by atoms with van der Waals surface area (Å²) >= 11 is 1.86. The Morgan fingerprint density at radius 1 is 0.440 bits per heavy atom. The molecule has 0 spiro atoms. The number of rotatable bonds is 3. The van der Waals surface area contributed by atoms with Crippen LogP contribution in [0.5, 0.6) is 0 Å². The number of thiophene rings is 1. The summed E-state index contributed by atoms with van der Waals surface area (Å²) in [5.41, 5.74) is 7.54. The van der Waals surface area contributed by atoms with Crippen molar-refractivity contribution in [3.05, 3.63) is 164 Å². The lowest BCUT2D eigenvalue weighted by Gasteiger charge is -2.15. The van der Waals surface area contributed by atoms with Gasteiger partial charge in [-0.2, -0.15) is 0 Å². The van der Waals surface area contributed by atoms with Crippen LogP contribution >= 0.6 is 11.3 Å². The van der Waals surface area contributed by atoms with Crippen LogP contribution in [0.1, 0.15) is 0 Å². The van der Waals surface area contributed by atoms with Gasteiger partial charge in [0.1, 0.15) is 0 Å². The monoisotopic (exact) mass is 653 g/mol. The van der Waals surface area contributed by atoms with Crippen LogP contribution in [-0.4, -0.2) is 14.5 Å². The first kappa shape index (κ1) is 27.6. The Hall–Kier alpha value is -6.36. The first-order chi connectivity index (χ1) is 24.8. The predicted molar refractivity (Wildman–Crippen MR) is 213 cm³/mol. The highest BCUT2D eigenvalue weighted by molar-refractivity contribution is 7.26. The van der Waals surface area contributed by atoms with Gasteiger partial charge in [0.05, 0.1) is 22.2 Å². The lowest BCUT2D eigenvalue weighted by atomic mass is 9.99. The van der Waals surface area contributed by atoms with Crippen molar-refractivity contribution in [2.45, 2.75) is 0 Å². The van der Waals surface area contributed by atoms with Crippen LogP contribution in [-0.2, 0) is 0 Å². The normalized spacial score (nSPS) is 12.0. The maximum Gasteiger partial charge on any atom is 0.235 e. The predicted octanol–water partition coefficient (Wildman–Crippen LogP) is 12.7. The van der Waals surface area contributed by atoms with Gasteiger partial charge < -0.3 is 0 Å². The largest absolute Gasteiger partial charge is 0.277 e. The van der Waals surface area contributed by atoms with E-state index in [4.69, 9.17) is 9.97 Å². The van der Waals surface area contributed by atoms with Crippen molar-refractivity contribution in [2.24, 2.45) is 0 Å². The van der Waals surface area contributed by atoms with E-state index in [0.717, 1.165) is 44.0 Å². The minimum absolute atomic E-state index is 0.666. The van der Waals surface area contributed by atoms with Gasteiger partial charge in [0.25, 0.3) is 0 Å². The Bertz CT molecular complexity index is 3150. The summed E-state index contributed by atoms with van der Waals surface area (Å²) in [6.07, 6.45) is 0. The third kappa shape index (κ3) is 3.97. The SMILES string of the molecule is c1ccc(-c2nc(-n3c4cc5ccccc5cc4c4cccc(-c5cccc6c5sc5ccccc56)c43)nc3c2ccc2ccccc23)cc1. The molecule has 0 N–H and O–H groups in total. The fourth-order valence-corrected chi connectivity index (χ4v) is 9.13. The molecule has 0 saturated carbocycles. The Balaban J connectivity index is 1.33. The highest BCUT2D eigenvalue weighted by Gasteiger charge is 2.22. The maximum absolute atomic E-state index is 5.50. The van der Waals surface area contributed by atoms with Crippen molar-refractivity contribution < 1.29 is 0 Å². The zero-order chi connectivity index (χ0) is 32.8. The summed E-state index contributed by atoms with van der Waals surface area (Å²) in [5.74, 6) is 0.666. The first-order valence-electron chi connectivity index (χ1n) is 16.9. The van der Waals surface area contributed by atoms with E-state index in [2.05, 4.69) is 168 Å². The average Bonchev–Trinajstić information content (AvgIpc) is 3.72. The van der Waals surface area contributed by atoms with E-state index >= 15 is 0 Å². The van der Waals surface area contributed by atoms with Crippen LogP contribution in [0.3, 0.4) is 0 Å². The smallest absolute Gasteiger partial charge is 0.235 e. The fraction of sp³-hybridized carbons (Fsp3) is 0. The molecule has 3 aromatic heterocycles. The van der Waals surface area contributed by atoms with Crippen LogP contribution in [0.25, 0.3) is 103 Å². The van der Waals surface area contributed by atoms with Crippen LogP contribution in [0.2, 0.25) is 0 Å². The second-order valence-corrected chi connectivity index (χ2v) is 14.0. The topological polar surface area (TPSA) is 30.7 Å². The molecule has 0 aliphatic carbocycles. The second kappa shape index (κ2) is 10.6. The van der Waals surface area contributed by atoms with E-state index in [1.165, 1.54) is 52.8 Å². The molecule has 0 aliphatic heterocycles. The van der Waals surface area contributed by atoms with Gasteiger partial charge in [-0.3, -0.25) is 4.57 Å². The number of nitrogens with zero attached hydrogens (tertiary/aromatic N) is 3. The maximum atomic E-state index is 5.50. The molecule has 0 bridgehead atoms. The lowest BCUT2D eigenvalue weighted by Crippen LogP contribution is -2.04. The van der Waals surface area contributed by atoms with Gasteiger partial charge >= 0.3 is 0 Å². The van der Waals surface area contributed by atoms with Gasteiger partial charge in [-0.15, -0.1) is 11.3 Å². The van der Waals surface area contributed by atoms with E-state index in [1.54, 1.807) is 0 Å². The average molecular weight is 654 g/mol. The Labute approximate surface area is 291 Å². The van der Waals surface area contributed by atoms with Crippen molar-refractivity contribution in [1.29, 1.82) is 0 Å². The molecule has 0 radical (unpaired) electrons. The summed E-state index contributed by atoms with van der Waals surface area (Å²) in [7, 11) is 0. The molecule has 232 valence electrons. The van der Waals surface area contributed by atoms with Gasteiger partial charge in [-0.25, -0.2) is 9.97 Å². The number of para-hydroxylation sites is 1. The molecule has 3 heterocycles. The first-order valence-corrected chi connectivity index (χ1v) is 17.7. The molecule has 8 aromatic carbocycles. The van der Waals surface area contributed by atoms with Gasteiger partial charge in [0.2, 0.25) is 5.95 Å². The molecule has 0 unspecified atom stereocenters. The molecular weight excluding hydrogens is 627 g/mol. The summed E-state index contributed by atoms with van der Waals surface area (Å²) in [6.45, 7) is 0. The molecule has 0 saturated heterocycles. The molecule has 11 rings (SSSR count). The van der Waals surface area contributed by atoms with Crippen molar-refractivity contribution in [3.63, 3.8) is 0 Å². The van der Waals surface area contributed by atoms with Crippen LogP contribution in [0.4, 0.5) is 0 Å². The third-order valence-electron chi connectivity index (χ3n) is 10.2. The Kier molecular flexibility index (Phi) is 5.83. The number of benzene rings is 8. The third-order valence-corrected chi connectivity index (χ3v) is 11.4. The van der Waals surface area contributed by atoms with Gasteiger partial charge in [-0.05, 0) is 40.4 Å². The lowest BCUT2D eigenvalue weighted by molar-refractivity contribution is 1.02. The highest BCUT2D eigenvalue weighted by Crippen LogP contribution is 2.45. The van der Waals surface area contributed by atoms with E-state index in [9.17, 15) is 0 Å². The number of hydrogen-bond acceptors (Lipinski definition) is 3. The van der Waals surface area contributed by atoms with E-state index in [0.29, 0.717) is 5.95 Å². The summed E-state index contributed by atoms with van der Waals surface area (Å²) in [4.78, 5) is 11.0. The highest BCUT2D eigenvalue weighted by atomic mass is 32.1. The number of hydrogen-bond donors (Lipinski definition) is 0. The quantitative estimate of drug-likeness (QED) is 0.178. The van der Waals surface area contributed by atoms with E-state index in [-0.39, 0.29) is 0 Å². The summed E-state index contributed by atoms with van der Waals surface area (Å²) in [5, 5.41) is 10.7. The minimum Gasteiger partial charge on any atom is -0.277 e. The number of fused-ring (bicyclic) bond motifs is 10. The van der Waals surface area contributed by atoms with Crippen LogP contribution in [0, 0.1) is 0 Å². The van der Waals surface area contributed by atoms with Crippen LogP contribution in [0.15, 0.2) is 164 Å². The zero-order valence-corrected chi connectivity index (χ0v) is 27.7. The molecule has 0 amide bonds. The second-order valence-electron chi connectivity index (χ2n) is 13.0. The van der Waals surface area contributed by atoms with Gasteiger partial charge in [-0.1, -0.05) is 140 Å². The van der Waals surface area contributed by atoms with Crippen molar-refractivity contribution in [1.82, 2.24) is 14.5 Å². The van der Waals surface area contributed by atoms with E-state index < -0.39 is 0 Å². The molecule has 0 fully saturated rings. The summed E-state index contributed by atoms with van der Waals surface area (Å²) < 4.78 is 4.91. The molecule has 11 aromatic rings. The minimum atomic E-state index is 0.666. The number of aromatic nitrogens is 3. The van der Waals surface area contributed by atoms with E-state index in [1.807, 2.05) is 11.3 Å². The Morgan fingerprint density at radius 2 is 1.12 bits per heavy atom. The molecule has 0 aliphatic rings. The standard InChI is InChI=1S/C46H27N3S/c1-2-13-29(14-3-1)42-38-25-24-28-12-6-7-17-32(28)43(38)48-46(47-42)49-40-27-31-16-5-4-15-30(31)26-39(40)35-20-10-19-34(44(35)49)37-22-11-21-36-33-18-8-9-23-41(33)50-45(36)37/h1-27H.